The molecule has 3 saturated carbocycles. The highest BCUT2D eigenvalue weighted by molar-refractivity contribution is 6.40. The molecule has 0 heterocycles. The second-order valence-electron chi connectivity index (χ2n) is 12.6. The van der Waals surface area contributed by atoms with E-state index in [-0.39, 0.29) is 59.6 Å². The number of benzene rings is 1. The van der Waals surface area contributed by atoms with Gasteiger partial charge in [0.2, 0.25) is 0 Å². The molecular weight excluding hydrogens is 625 g/mol. The summed E-state index contributed by atoms with van der Waals surface area (Å²) in [5.74, 6) is -3.51. The predicted molar refractivity (Wildman–Crippen MR) is 159 cm³/mol. The molecule has 3 fully saturated rings. The normalized spacial score (nSPS) is 28.3. The molecule has 44 heavy (non-hydrogen) atoms. The number of Topliss-reactive ketones (excluding diaryl/α,β-unsaturated/α-hetero) is 1. The molecule has 2 N–H and O–H groups in total. The van der Waals surface area contributed by atoms with Gasteiger partial charge in [-0.25, -0.2) is 4.39 Å². The molecule has 7 nitrogen and oxygen atoms in total. The molecule has 242 valence electrons. The highest BCUT2D eigenvalue weighted by Gasteiger charge is 2.63. The fraction of sp³-hybridized carbons (Fsp3) is 0.613. The average Bonchev–Trinajstić information content (AvgIpc) is 3.24. The lowest BCUT2D eigenvalue weighted by Gasteiger charge is -2.33. The average molecular weight is 663 g/mol. The minimum atomic E-state index is -5.05. The first-order valence-electron chi connectivity index (χ1n) is 14.7. The summed E-state index contributed by atoms with van der Waals surface area (Å²) in [5.41, 5.74) is 3.03. The van der Waals surface area contributed by atoms with Crippen molar-refractivity contribution in [3.8, 4) is 0 Å². The van der Waals surface area contributed by atoms with Crippen LogP contribution in [0.4, 0.5) is 17.6 Å². The van der Waals surface area contributed by atoms with Crippen LogP contribution in [-0.2, 0) is 14.3 Å². The van der Waals surface area contributed by atoms with Crippen molar-refractivity contribution in [3.05, 3.63) is 45.3 Å². The van der Waals surface area contributed by atoms with Crippen LogP contribution in [0.3, 0.4) is 0 Å². The zero-order valence-electron chi connectivity index (χ0n) is 25.0. The molecule has 4 rings (SSSR count). The third-order valence-corrected chi connectivity index (χ3v) is 10.3. The molecule has 0 aliphatic heterocycles. The van der Waals surface area contributed by atoms with Gasteiger partial charge in [-0.05, 0) is 74.3 Å². The number of ether oxygens (including phenoxy) is 1. The van der Waals surface area contributed by atoms with E-state index >= 15 is 0 Å². The molecule has 3 aliphatic carbocycles. The van der Waals surface area contributed by atoms with Gasteiger partial charge in [0, 0.05) is 12.2 Å². The first kappa shape index (κ1) is 34.2. The molecule has 1 aromatic rings. The number of hydrogen-bond acceptors (Lipinski definition) is 6. The number of alkyl halides is 3. The second-order valence-corrected chi connectivity index (χ2v) is 13.4. The first-order chi connectivity index (χ1) is 20.5. The molecule has 0 saturated heterocycles. The first-order valence-corrected chi connectivity index (χ1v) is 15.5. The zero-order chi connectivity index (χ0) is 32.7. The van der Waals surface area contributed by atoms with Crippen molar-refractivity contribution in [2.24, 2.45) is 39.8 Å². The van der Waals surface area contributed by atoms with Gasteiger partial charge in [-0.15, -0.1) is 0 Å². The fourth-order valence-electron chi connectivity index (χ4n) is 7.08. The van der Waals surface area contributed by atoms with E-state index in [4.69, 9.17) is 33.7 Å². The van der Waals surface area contributed by atoms with Crippen LogP contribution < -0.4 is 5.73 Å². The van der Waals surface area contributed by atoms with E-state index in [9.17, 15) is 31.9 Å². The molecule has 0 radical (unpaired) electrons. The van der Waals surface area contributed by atoms with Crippen molar-refractivity contribution in [1.29, 1.82) is 0 Å². The maximum atomic E-state index is 14.5. The SMILES string of the molecule is CCOC(=O)[C@H]1CC[C@H](N=C(C(=CN)C(=O)N(CC(=O)c2c(Cl)ccc(F)c2Cl)C2C[C@@H]3[C@H](C2)C3(C)C)C(F)(F)F)C[C@H]1C. The number of esters is 1. The maximum absolute atomic E-state index is 14.5. The smallest absolute Gasteiger partial charge is 0.433 e. The van der Waals surface area contributed by atoms with Gasteiger partial charge in [0.25, 0.3) is 5.91 Å². The maximum Gasteiger partial charge on any atom is 0.433 e. The number of nitrogens with two attached hydrogens (primary N) is 1. The quantitative estimate of drug-likeness (QED) is 0.0784. The summed E-state index contributed by atoms with van der Waals surface area (Å²) in [6.45, 7) is 7.12. The van der Waals surface area contributed by atoms with Crippen LogP contribution >= 0.6 is 23.2 Å². The molecule has 1 aromatic carbocycles. The number of nitrogens with zero attached hydrogens (tertiary/aromatic N) is 2. The zero-order valence-corrected chi connectivity index (χ0v) is 26.5. The number of hydrogen-bond donors (Lipinski definition) is 1. The van der Waals surface area contributed by atoms with Crippen molar-refractivity contribution in [2.75, 3.05) is 13.2 Å². The highest BCUT2D eigenvalue weighted by atomic mass is 35.5. The predicted octanol–water partition coefficient (Wildman–Crippen LogP) is 6.79. The minimum absolute atomic E-state index is 0.0224. The van der Waals surface area contributed by atoms with Crippen LogP contribution in [-0.4, -0.2) is 59.7 Å². The van der Waals surface area contributed by atoms with E-state index in [1.807, 2.05) is 0 Å². The van der Waals surface area contributed by atoms with Gasteiger partial charge in [-0.1, -0.05) is 44.0 Å². The number of halogens is 6. The number of rotatable bonds is 9. The lowest BCUT2D eigenvalue weighted by Crippen LogP contribution is -2.47. The molecule has 6 atom stereocenters. The van der Waals surface area contributed by atoms with Crippen molar-refractivity contribution < 1.29 is 36.7 Å². The van der Waals surface area contributed by atoms with Gasteiger partial charge >= 0.3 is 12.1 Å². The van der Waals surface area contributed by atoms with Crippen molar-refractivity contribution in [1.82, 2.24) is 4.90 Å². The highest BCUT2D eigenvalue weighted by Crippen LogP contribution is 2.67. The van der Waals surface area contributed by atoms with Crippen LogP contribution in [0.1, 0.15) is 70.2 Å². The lowest BCUT2D eigenvalue weighted by atomic mass is 9.78. The Kier molecular flexibility index (Phi) is 10.1. The van der Waals surface area contributed by atoms with Gasteiger partial charge in [0.1, 0.15) is 5.82 Å². The Labute approximate surface area is 264 Å². The fourth-order valence-corrected chi connectivity index (χ4v) is 7.66. The number of carbonyl (C=O) groups excluding carboxylic acids is 3. The third-order valence-electron chi connectivity index (χ3n) is 9.64. The number of carbonyl (C=O) groups is 3. The molecule has 1 unspecified atom stereocenters. The van der Waals surface area contributed by atoms with Crippen molar-refractivity contribution >= 4 is 46.6 Å². The summed E-state index contributed by atoms with van der Waals surface area (Å²) < 4.78 is 63.0. The summed E-state index contributed by atoms with van der Waals surface area (Å²) in [7, 11) is 0. The number of amides is 1. The number of aliphatic imine (C=N–C) groups is 1. The van der Waals surface area contributed by atoms with Gasteiger partial charge in [0.05, 0.1) is 46.3 Å². The van der Waals surface area contributed by atoms with Crippen LogP contribution in [0.5, 0.6) is 0 Å². The van der Waals surface area contributed by atoms with E-state index in [0.717, 1.165) is 17.0 Å². The molecule has 0 bridgehead atoms. The Bertz CT molecular complexity index is 1370. The van der Waals surface area contributed by atoms with Gasteiger partial charge in [-0.2, -0.15) is 13.2 Å². The van der Waals surface area contributed by atoms with Crippen molar-refractivity contribution in [2.45, 2.75) is 78.1 Å². The molecule has 1 amide bonds. The van der Waals surface area contributed by atoms with E-state index in [1.54, 1.807) is 13.8 Å². The number of fused-ring (bicyclic) bond motifs is 1. The third kappa shape index (κ3) is 6.78. The van der Waals surface area contributed by atoms with E-state index in [0.29, 0.717) is 19.0 Å². The van der Waals surface area contributed by atoms with Crippen molar-refractivity contribution in [3.63, 3.8) is 0 Å². The summed E-state index contributed by atoms with van der Waals surface area (Å²) in [6, 6.07) is 0.742. The van der Waals surface area contributed by atoms with Gasteiger partial charge in [-0.3, -0.25) is 19.4 Å². The van der Waals surface area contributed by atoms with Crippen LogP contribution in [0.25, 0.3) is 0 Å². The Hall–Kier alpha value is -2.66. The van der Waals surface area contributed by atoms with E-state index < -0.39 is 70.5 Å². The monoisotopic (exact) mass is 661 g/mol. The minimum Gasteiger partial charge on any atom is -0.466 e. The topological polar surface area (TPSA) is 102 Å². The Balaban J connectivity index is 1.65. The Morgan fingerprint density at radius 1 is 1.14 bits per heavy atom. The molecule has 3 aliphatic rings. The molecule has 0 spiro atoms. The molecule has 13 heteroatoms. The summed E-state index contributed by atoms with van der Waals surface area (Å²) in [6.07, 6.45) is -2.88. The largest absolute Gasteiger partial charge is 0.466 e. The van der Waals surface area contributed by atoms with Gasteiger partial charge in [0.15, 0.2) is 11.5 Å². The Morgan fingerprint density at radius 2 is 1.77 bits per heavy atom. The van der Waals surface area contributed by atoms with Crippen LogP contribution in [0.15, 0.2) is 28.9 Å². The van der Waals surface area contributed by atoms with Crippen LogP contribution in [0, 0.1) is 34.9 Å². The summed E-state index contributed by atoms with van der Waals surface area (Å²) in [4.78, 5) is 44.8. The molecular formula is C31H37Cl2F4N3O4. The summed E-state index contributed by atoms with van der Waals surface area (Å²) in [5, 5.41) is -0.686. The summed E-state index contributed by atoms with van der Waals surface area (Å²) >= 11 is 12.2. The number of ketones is 1. The van der Waals surface area contributed by atoms with Gasteiger partial charge < -0.3 is 15.4 Å². The standard InChI is InChI=1S/C31H37Cl2F4N3O4/c1-5-44-29(43)18-7-6-16(10-15(18)2)39-27(31(35,36)37)19(13-38)28(42)40(17-11-20-21(12-17)30(20,3)4)14-24(41)25-22(32)8-9-23(34)26(25)33/h8-9,13,15-18,20-21H,5-7,10-12,14,38H2,1-4H3/t15-,16+,17?,18+,20-,21+/m1/s1. The molecule has 0 aromatic heterocycles. The lowest BCUT2D eigenvalue weighted by molar-refractivity contribution is -0.151. The van der Waals surface area contributed by atoms with E-state index in [2.05, 4.69) is 18.8 Å². The van der Waals surface area contributed by atoms with E-state index in [1.165, 1.54) is 0 Å². The second kappa shape index (κ2) is 13.0. The Morgan fingerprint density at radius 3 is 2.32 bits per heavy atom. The van der Waals surface area contributed by atoms with Crippen LogP contribution in [0.2, 0.25) is 10.0 Å².